The van der Waals surface area contributed by atoms with Crippen LogP contribution in [0.4, 0.5) is 0 Å². The van der Waals surface area contributed by atoms with E-state index >= 15 is 0 Å². The van der Waals surface area contributed by atoms with Crippen molar-refractivity contribution < 1.29 is 58.9 Å². The number of esters is 2. The Morgan fingerprint density at radius 1 is 1.05 bits per heavy atom. The third kappa shape index (κ3) is 14.2. The van der Waals surface area contributed by atoms with Gasteiger partial charge in [-0.2, -0.15) is 0 Å². The number of allylic oxidation sites excluding steroid dienone is 5. The molecule has 0 aromatic carbocycles. The predicted molar refractivity (Wildman–Crippen MR) is 243 cm³/mol. The fourth-order valence-corrected chi connectivity index (χ4v) is 9.10. The first-order valence-corrected chi connectivity index (χ1v) is 23.3. The number of cyclic esters (lactones) is 1. The highest BCUT2D eigenvalue weighted by Crippen LogP contribution is 2.46. The van der Waals surface area contributed by atoms with E-state index in [9.17, 15) is 39.9 Å². The molecule has 1 saturated heterocycles. The molecule has 3 rings (SSSR count). The maximum atomic E-state index is 14.7. The van der Waals surface area contributed by atoms with Crippen molar-refractivity contribution in [2.24, 2.45) is 35.5 Å². The number of aliphatic hydroxyl groups is 5. The second-order valence-corrected chi connectivity index (χ2v) is 20.1. The topological polar surface area (TPSA) is 205 Å². The van der Waals surface area contributed by atoms with Gasteiger partial charge < -0.3 is 44.5 Å². The van der Waals surface area contributed by atoms with Gasteiger partial charge in [0, 0.05) is 43.1 Å². The van der Waals surface area contributed by atoms with Crippen molar-refractivity contribution in [1.29, 1.82) is 0 Å². The summed E-state index contributed by atoms with van der Waals surface area (Å²) in [5.74, 6) is -5.44. The SMILES string of the molecule is COC1C(C)=CC=CCC(C(C)(O)C=C(C)Cc2csc(C3(C)OC3C)n2)OC(=O)C(C)(OC(=O)C(C)C(C)O)C(C)CC(C)CC(O)C(C)C(=O)C(C)C=CCC(C)C(O)C1O. The average molecular weight is 904 g/mol. The van der Waals surface area contributed by atoms with Crippen LogP contribution in [0.1, 0.15) is 126 Å². The van der Waals surface area contributed by atoms with Gasteiger partial charge in [0.1, 0.15) is 40.3 Å². The maximum absolute atomic E-state index is 14.7. The van der Waals surface area contributed by atoms with E-state index in [1.165, 1.54) is 46.1 Å². The molecule has 63 heavy (non-hydrogen) atoms. The summed E-state index contributed by atoms with van der Waals surface area (Å²) in [5, 5.41) is 59.0. The Kier molecular flexibility index (Phi) is 19.7. The van der Waals surface area contributed by atoms with Gasteiger partial charge in [-0.3, -0.25) is 9.59 Å². The number of methoxy groups -OCH3 is 1. The lowest BCUT2D eigenvalue weighted by Gasteiger charge is -2.38. The van der Waals surface area contributed by atoms with Gasteiger partial charge in [0.25, 0.3) is 0 Å². The van der Waals surface area contributed by atoms with Crippen LogP contribution in [0.15, 0.2) is 53.0 Å². The number of hydrogen-bond donors (Lipinski definition) is 5. The Hall–Kier alpha value is -3.08. The summed E-state index contributed by atoms with van der Waals surface area (Å²) < 4.78 is 23.6. The van der Waals surface area contributed by atoms with Crippen LogP contribution in [0.5, 0.6) is 0 Å². The number of ether oxygens (including phenoxy) is 4. The van der Waals surface area contributed by atoms with Crippen molar-refractivity contribution in [3.05, 3.63) is 63.7 Å². The van der Waals surface area contributed by atoms with Gasteiger partial charge in [0.2, 0.25) is 5.60 Å². The second kappa shape index (κ2) is 22.9. The zero-order chi connectivity index (χ0) is 47.8. The van der Waals surface area contributed by atoms with Gasteiger partial charge in [-0.25, -0.2) is 9.78 Å². The molecule has 14 heteroatoms. The van der Waals surface area contributed by atoms with E-state index in [1.54, 1.807) is 71.1 Å². The highest BCUT2D eigenvalue weighted by molar-refractivity contribution is 7.09. The molecule has 0 aliphatic carbocycles. The number of epoxide rings is 1. The molecule has 3 heterocycles. The fraction of sp³-hybridized carbons (Fsp3) is 0.714. The van der Waals surface area contributed by atoms with Crippen molar-refractivity contribution in [3.63, 3.8) is 0 Å². The summed E-state index contributed by atoms with van der Waals surface area (Å²) in [6.45, 7) is 22.4. The minimum absolute atomic E-state index is 0.00233. The van der Waals surface area contributed by atoms with Crippen LogP contribution in [0.2, 0.25) is 0 Å². The molecule has 0 saturated carbocycles. The van der Waals surface area contributed by atoms with Crippen molar-refractivity contribution in [2.45, 2.75) is 182 Å². The lowest BCUT2D eigenvalue weighted by molar-refractivity contribution is -0.200. The standard InChI is InChI=1S/C49H77NO12S/c1-27-22-32(6)48(12,62-44(56)33(7)35(9)51)46(57)60-39(47(11,58)25-28(2)23-37-26-63-45(50-37)49(13)36(10)61-49)21-16-15-18-31(5)43(59-14)42(55)41(54)30(4)20-17-19-29(3)40(53)34(8)38(52)24-27/h15-19,25-27,29-30,32-36,38-39,41-43,51-52,54-55,58H,20-24H2,1-14H3. The lowest BCUT2D eigenvalue weighted by atomic mass is 9.79. The quantitative estimate of drug-likeness (QED) is 0.0993. The van der Waals surface area contributed by atoms with Gasteiger partial charge in [-0.15, -0.1) is 11.3 Å². The Morgan fingerprint density at radius 2 is 1.68 bits per heavy atom. The highest BCUT2D eigenvalue weighted by atomic mass is 32.1. The van der Waals surface area contributed by atoms with Crippen LogP contribution >= 0.6 is 11.3 Å². The van der Waals surface area contributed by atoms with Gasteiger partial charge >= 0.3 is 11.9 Å². The predicted octanol–water partition coefficient (Wildman–Crippen LogP) is 6.73. The fourth-order valence-electron chi connectivity index (χ4n) is 8.10. The van der Waals surface area contributed by atoms with Gasteiger partial charge in [-0.05, 0) is 92.1 Å². The number of hydrogen-bond acceptors (Lipinski definition) is 14. The first-order valence-electron chi connectivity index (χ1n) is 22.5. The largest absolute Gasteiger partial charge is 0.456 e. The molecule has 1 aromatic heterocycles. The zero-order valence-corrected chi connectivity index (χ0v) is 40.8. The molecule has 0 spiro atoms. The smallest absolute Gasteiger partial charge is 0.350 e. The normalized spacial score (nSPS) is 36.9. The van der Waals surface area contributed by atoms with Crippen molar-refractivity contribution >= 4 is 29.1 Å². The minimum Gasteiger partial charge on any atom is -0.456 e. The van der Waals surface area contributed by atoms with Crippen molar-refractivity contribution in [2.75, 3.05) is 7.11 Å². The number of ketones is 1. The monoisotopic (exact) mass is 904 g/mol. The molecule has 13 nitrogen and oxygen atoms in total. The van der Waals surface area contributed by atoms with Gasteiger partial charge in [-0.1, -0.05) is 76.6 Å². The van der Waals surface area contributed by atoms with Crippen LogP contribution in [-0.2, 0) is 45.4 Å². The van der Waals surface area contributed by atoms with Gasteiger partial charge in [0.15, 0.2) is 0 Å². The summed E-state index contributed by atoms with van der Waals surface area (Å²) in [5.41, 5.74) is -1.93. The van der Waals surface area contributed by atoms with Crippen LogP contribution in [0.3, 0.4) is 0 Å². The Bertz CT molecular complexity index is 1820. The third-order valence-corrected chi connectivity index (χ3v) is 14.5. The summed E-state index contributed by atoms with van der Waals surface area (Å²) in [6.07, 6.45) is 5.02. The summed E-state index contributed by atoms with van der Waals surface area (Å²) >= 11 is 1.51. The first-order chi connectivity index (χ1) is 29.2. The van der Waals surface area contributed by atoms with Crippen molar-refractivity contribution in [3.8, 4) is 0 Å². The summed E-state index contributed by atoms with van der Waals surface area (Å²) in [6, 6.07) is 0. The highest BCUT2D eigenvalue weighted by Gasteiger charge is 2.53. The Morgan fingerprint density at radius 3 is 2.27 bits per heavy atom. The summed E-state index contributed by atoms with van der Waals surface area (Å²) in [4.78, 5) is 46.4. The number of thiazole rings is 1. The molecule has 1 aromatic rings. The van der Waals surface area contributed by atoms with E-state index in [2.05, 4.69) is 0 Å². The molecule has 356 valence electrons. The van der Waals surface area contributed by atoms with Crippen LogP contribution in [0, 0.1) is 35.5 Å². The van der Waals surface area contributed by atoms with E-state index in [4.69, 9.17) is 23.9 Å². The van der Waals surface area contributed by atoms with E-state index in [-0.39, 0.29) is 43.0 Å². The number of aliphatic hydroxyl groups excluding tert-OH is 4. The number of carbonyl (C=O) groups excluding carboxylic acids is 3. The van der Waals surface area contributed by atoms with E-state index in [0.717, 1.165) is 16.3 Å². The molecule has 2 aliphatic heterocycles. The maximum Gasteiger partial charge on any atom is 0.350 e. The van der Waals surface area contributed by atoms with E-state index < -0.39 is 89.0 Å². The molecule has 0 radical (unpaired) electrons. The van der Waals surface area contributed by atoms with Crippen LogP contribution in [0.25, 0.3) is 0 Å². The number of carbonyl (C=O) groups is 3. The van der Waals surface area contributed by atoms with Gasteiger partial charge in [0.05, 0.1) is 36.0 Å². The minimum atomic E-state index is -1.91. The number of nitrogens with zero attached hydrogens (tertiary/aromatic N) is 1. The van der Waals surface area contributed by atoms with Crippen molar-refractivity contribution in [1.82, 2.24) is 4.98 Å². The first kappa shape index (κ1) is 54.3. The average Bonchev–Trinajstić information content (AvgIpc) is 3.56. The molecule has 5 N–H and O–H groups in total. The molecule has 2 aliphatic rings. The molecule has 1 fully saturated rings. The van der Waals surface area contributed by atoms with E-state index in [1.807, 2.05) is 33.1 Å². The number of Topliss-reactive ketones (excluding diaryl/α,β-unsaturated/α-hetero) is 1. The summed E-state index contributed by atoms with van der Waals surface area (Å²) in [7, 11) is 1.44. The molecule has 16 atom stereocenters. The number of rotatable bonds is 9. The van der Waals surface area contributed by atoms with E-state index in [0.29, 0.717) is 18.4 Å². The Balaban J connectivity index is 2.10. The molecule has 16 unspecified atom stereocenters. The molecule has 0 amide bonds. The molecular formula is C49H77NO12S. The number of aromatic nitrogens is 1. The lowest BCUT2D eigenvalue weighted by Crippen LogP contribution is -2.52. The molecular weight excluding hydrogens is 827 g/mol. The second-order valence-electron chi connectivity index (χ2n) is 19.2. The van der Waals surface area contributed by atoms with Crippen LogP contribution < -0.4 is 0 Å². The Labute approximate surface area is 379 Å². The molecule has 0 bridgehead atoms. The third-order valence-electron chi connectivity index (χ3n) is 13.4. The van der Waals surface area contributed by atoms with Crippen LogP contribution in [-0.4, -0.2) is 109 Å². The zero-order valence-electron chi connectivity index (χ0n) is 40.0.